The molecular weight excluding hydrogens is 383 g/mol. The molecule has 3 aromatic rings. The Balaban J connectivity index is 1.29. The van der Waals surface area contributed by atoms with Gasteiger partial charge >= 0.3 is 0 Å². The number of hydrogen-bond acceptors (Lipinski definition) is 5. The Morgan fingerprint density at radius 1 is 1.10 bits per heavy atom. The summed E-state index contributed by atoms with van der Waals surface area (Å²) in [5.74, 6) is -0.313. The van der Waals surface area contributed by atoms with Crippen LogP contribution in [0.25, 0.3) is 11.0 Å². The van der Waals surface area contributed by atoms with E-state index in [9.17, 15) is 9.18 Å². The maximum absolute atomic E-state index is 13.1. The van der Waals surface area contributed by atoms with Crippen molar-refractivity contribution in [2.45, 2.75) is 13.8 Å². The van der Waals surface area contributed by atoms with Gasteiger partial charge in [0.1, 0.15) is 5.82 Å². The number of aromatic nitrogens is 3. The van der Waals surface area contributed by atoms with Crippen LogP contribution < -0.4 is 10.2 Å². The highest BCUT2D eigenvalue weighted by Crippen LogP contribution is 2.19. The van der Waals surface area contributed by atoms with Crippen LogP contribution >= 0.6 is 0 Å². The summed E-state index contributed by atoms with van der Waals surface area (Å²) in [7, 11) is 1.86. The first-order chi connectivity index (χ1) is 14.4. The number of anilines is 1. The van der Waals surface area contributed by atoms with Gasteiger partial charge in [0, 0.05) is 57.4 Å². The van der Waals surface area contributed by atoms with E-state index in [1.165, 1.54) is 12.1 Å². The molecule has 0 unspecified atom stereocenters. The number of hydrogen-bond donors (Lipinski definition) is 1. The number of aryl methyl sites for hydroxylation is 3. The molecule has 2 aromatic heterocycles. The monoisotopic (exact) mass is 410 g/mol. The van der Waals surface area contributed by atoms with E-state index >= 15 is 0 Å². The molecule has 0 radical (unpaired) electrons. The van der Waals surface area contributed by atoms with E-state index in [4.69, 9.17) is 0 Å². The average molecular weight is 410 g/mol. The predicted octanol–water partition coefficient (Wildman–Crippen LogP) is 2.28. The SMILES string of the molecule is Cc1nc2c(cc1C(=O)NCCN1CCN(c3ccc(F)cc3)CC1)c(C)nn2C. The number of pyridine rings is 1. The van der Waals surface area contributed by atoms with Crippen LogP contribution in [0.5, 0.6) is 0 Å². The number of benzene rings is 1. The Bertz CT molecular complexity index is 1050. The minimum absolute atomic E-state index is 0.102. The highest BCUT2D eigenvalue weighted by Gasteiger charge is 2.18. The molecule has 1 amide bonds. The molecule has 7 nitrogen and oxygen atoms in total. The smallest absolute Gasteiger partial charge is 0.253 e. The molecule has 1 saturated heterocycles. The van der Waals surface area contributed by atoms with Gasteiger partial charge in [-0.1, -0.05) is 0 Å². The number of carbonyl (C=O) groups excluding carboxylic acids is 1. The van der Waals surface area contributed by atoms with Crippen LogP contribution in [0.1, 0.15) is 21.7 Å². The van der Waals surface area contributed by atoms with E-state index in [0.29, 0.717) is 17.8 Å². The van der Waals surface area contributed by atoms with E-state index in [0.717, 1.165) is 55.1 Å². The lowest BCUT2D eigenvalue weighted by Gasteiger charge is -2.36. The van der Waals surface area contributed by atoms with Crippen LogP contribution in [0.3, 0.4) is 0 Å². The Hall–Kier alpha value is -3.00. The first kappa shape index (κ1) is 20.3. The maximum Gasteiger partial charge on any atom is 0.253 e. The molecule has 0 bridgehead atoms. The highest BCUT2D eigenvalue weighted by molar-refractivity contribution is 5.98. The lowest BCUT2D eigenvalue weighted by atomic mass is 10.1. The number of carbonyl (C=O) groups is 1. The number of nitrogens with zero attached hydrogens (tertiary/aromatic N) is 5. The molecule has 1 aromatic carbocycles. The third kappa shape index (κ3) is 4.14. The molecule has 0 atom stereocenters. The lowest BCUT2D eigenvalue weighted by Crippen LogP contribution is -2.48. The summed E-state index contributed by atoms with van der Waals surface area (Å²) in [4.78, 5) is 21.8. The Kier molecular flexibility index (Phi) is 5.67. The van der Waals surface area contributed by atoms with Gasteiger partial charge in [-0.3, -0.25) is 14.4 Å². The van der Waals surface area contributed by atoms with Gasteiger partial charge < -0.3 is 10.2 Å². The topological polar surface area (TPSA) is 66.3 Å². The molecule has 1 fully saturated rings. The minimum atomic E-state index is -0.212. The molecule has 0 saturated carbocycles. The molecule has 1 aliphatic heterocycles. The summed E-state index contributed by atoms with van der Waals surface area (Å²) < 4.78 is 14.8. The van der Waals surface area contributed by atoms with Crippen LogP contribution in [-0.2, 0) is 7.05 Å². The van der Waals surface area contributed by atoms with Crippen molar-refractivity contribution < 1.29 is 9.18 Å². The van der Waals surface area contributed by atoms with E-state index in [1.807, 2.05) is 39.1 Å². The van der Waals surface area contributed by atoms with Gasteiger partial charge in [-0.05, 0) is 44.2 Å². The van der Waals surface area contributed by atoms with Crippen LogP contribution in [-0.4, -0.2) is 64.8 Å². The molecular formula is C22H27FN6O. The third-order valence-corrected chi connectivity index (χ3v) is 5.71. The van der Waals surface area contributed by atoms with Crippen molar-refractivity contribution in [2.24, 2.45) is 7.05 Å². The zero-order valence-electron chi connectivity index (χ0n) is 17.7. The van der Waals surface area contributed by atoms with Crippen molar-refractivity contribution in [2.75, 3.05) is 44.2 Å². The second-order valence-electron chi connectivity index (χ2n) is 7.76. The van der Waals surface area contributed by atoms with Crippen molar-refractivity contribution in [3.8, 4) is 0 Å². The summed E-state index contributed by atoms with van der Waals surface area (Å²) in [6.45, 7) is 8.75. The molecule has 3 heterocycles. The molecule has 1 aliphatic rings. The van der Waals surface area contributed by atoms with E-state index in [2.05, 4.69) is 25.2 Å². The first-order valence-electron chi connectivity index (χ1n) is 10.2. The third-order valence-electron chi connectivity index (χ3n) is 5.71. The highest BCUT2D eigenvalue weighted by atomic mass is 19.1. The average Bonchev–Trinajstić information content (AvgIpc) is 3.01. The van der Waals surface area contributed by atoms with Gasteiger partial charge in [0.05, 0.1) is 17.0 Å². The maximum atomic E-state index is 13.1. The quantitative estimate of drug-likeness (QED) is 0.699. The predicted molar refractivity (Wildman–Crippen MR) is 115 cm³/mol. The Morgan fingerprint density at radius 2 is 1.80 bits per heavy atom. The number of piperazine rings is 1. The van der Waals surface area contributed by atoms with Crippen molar-refractivity contribution in [1.82, 2.24) is 25.0 Å². The number of fused-ring (bicyclic) bond motifs is 1. The van der Waals surface area contributed by atoms with Crippen molar-refractivity contribution in [3.63, 3.8) is 0 Å². The second kappa shape index (κ2) is 8.39. The fourth-order valence-electron chi connectivity index (χ4n) is 3.97. The number of halogens is 1. The Labute approximate surface area is 175 Å². The van der Waals surface area contributed by atoms with E-state index < -0.39 is 0 Å². The van der Waals surface area contributed by atoms with Gasteiger partial charge in [0.2, 0.25) is 0 Å². The molecule has 0 spiro atoms. The van der Waals surface area contributed by atoms with Gasteiger partial charge in [-0.25, -0.2) is 9.37 Å². The fourth-order valence-corrected chi connectivity index (χ4v) is 3.97. The van der Waals surface area contributed by atoms with E-state index in [1.54, 1.807) is 4.68 Å². The van der Waals surface area contributed by atoms with Gasteiger partial charge in [-0.15, -0.1) is 0 Å². The normalized spacial score (nSPS) is 15.0. The summed E-state index contributed by atoms with van der Waals surface area (Å²) in [5, 5.41) is 8.31. The summed E-state index contributed by atoms with van der Waals surface area (Å²) in [6, 6.07) is 8.53. The largest absolute Gasteiger partial charge is 0.369 e. The van der Waals surface area contributed by atoms with Crippen molar-refractivity contribution in [3.05, 3.63) is 53.1 Å². The van der Waals surface area contributed by atoms with Crippen LogP contribution in [0.4, 0.5) is 10.1 Å². The minimum Gasteiger partial charge on any atom is -0.369 e. The standard InChI is InChI=1S/C22H27FN6O/c1-15-20(14-19-16(2)26-27(3)21(19)25-15)22(30)24-8-9-28-10-12-29(13-11-28)18-6-4-17(23)5-7-18/h4-7,14H,8-13H2,1-3H3,(H,24,30). The number of rotatable bonds is 5. The molecule has 8 heteroatoms. The van der Waals surface area contributed by atoms with Gasteiger partial charge in [-0.2, -0.15) is 5.10 Å². The number of amides is 1. The summed E-state index contributed by atoms with van der Waals surface area (Å²) >= 11 is 0. The summed E-state index contributed by atoms with van der Waals surface area (Å²) in [5.41, 5.74) is 4.01. The van der Waals surface area contributed by atoms with Crippen molar-refractivity contribution >= 4 is 22.6 Å². The molecule has 1 N–H and O–H groups in total. The van der Waals surface area contributed by atoms with Crippen LogP contribution in [0.2, 0.25) is 0 Å². The molecule has 158 valence electrons. The van der Waals surface area contributed by atoms with E-state index in [-0.39, 0.29) is 11.7 Å². The molecule has 4 rings (SSSR count). The first-order valence-corrected chi connectivity index (χ1v) is 10.2. The van der Waals surface area contributed by atoms with Crippen molar-refractivity contribution in [1.29, 1.82) is 0 Å². The lowest BCUT2D eigenvalue weighted by molar-refractivity contribution is 0.0947. The number of nitrogens with one attached hydrogen (secondary N) is 1. The fraction of sp³-hybridized carbons (Fsp3) is 0.409. The second-order valence-corrected chi connectivity index (χ2v) is 7.76. The van der Waals surface area contributed by atoms with Gasteiger partial charge in [0.25, 0.3) is 5.91 Å². The molecule has 0 aliphatic carbocycles. The van der Waals surface area contributed by atoms with Crippen LogP contribution in [0.15, 0.2) is 30.3 Å². The Morgan fingerprint density at radius 3 is 2.50 bits per heavy atom. The van der Waals surface area contributed by atoms with Crippen LogP contribution in [0, 0.1) is 19.7 Å². The zero-order valence-corrected chi connectivity index (χ0v) is 17.7. The van der Waals surface area contributed by atoms with Gasteiger partial charge in [0.15, 0.2) is 5.65 Å². The summed E-state index contributed by atoms with van der Waals surface area (Å²) in [6.07, 6.45) is 0. The molecule has 30 heavy (non-hydrogen) atoms. The zero-order chi connectivity index (χ0) is 21.3.